The fraction of sp³-hybridized carbons (Fsp3) is 0.400. The van der Waals surface area contributed by atoms with Crippen molar-refractivity contribution in [3.05, 3.63) is 23.2 Å². The van der Waals surface area contributed by atoms with E-state index >= 15 is 0 Å². The maximum Gasteiger partial charge on any atom is 0.117 e. The van der Waals surface area contributed by atoms with Crippen LogP contribution in [0.25, 0.3) is 0 Å². The van der Waals surface area contributed by atoms with E-state index in [0.29, 0.717) is 5.02 Å². The zero-order valence-electron chi connectivity index (χ0n) is 7.26. The number of phenolic OH excluding ortho intramolecular Hbond substituents is 1. The normalized spacial score (nSPS) is 15.8. The van der Waals surface area contributed by atoms with Crippen LogP contribution in [0.5, 0.6) is 5.75 Å². The first kappa shape index (κ1) is 8.70. The van der Waals surface area contributed by atoms with Crippen molar-refractivity contribution in [2.24, 2.45) is 5.92 Å². The van der Waals surface area contributed by atoms with Gasteiger partial charge in [0, 0.05) is 12.6 Å². The second kappa shape index (κ2) is 3.46. The summed E-state index contributed by atoms with van der Waals surface area (Å²) in [7, 11) is 0. The Morgan fingerprint density at radius 3 is 2.85 bits per heavy atom. The molecule has 0 saturated heterocycles. The van der Waals surface area contributed by atoms with Gasteiger partial charge in [-0.2, -0.15) is 0 Å². The highest BCUT2D eigenvalue weighted by molar-refractivity contribution is 6.33. The zero-order valence-corrected chi connectivity index (χ0v) is 8.01. The van der Waals surface area contributed by atoms with Gasteiger partial charge in [-0.05, 0) is 30.9 Å². The summed E-state index contributed by atoms with van der Waals surface area (Å²) in [4.78, 5) is 0. The molecule has 0 spiro atoms. The zero-order chi connectivity index (χ0) is 9.26. The fourth-order valence-electron chi connectivity index (χ4n) is 1.22. The van der Waals surface area contributed by atoms with E-state index in [4.69, 9.17) is 16.7 Å². The lowest BCUT2D eigenvalue weighted by molar-refractivity contribution is 0.475. The van der Waals surface area contributed by atoms with Crippen LogP contribution in [-0.4, -0.2) is 11.7 Å². The molecule has 1 fully saturated rings. The van der Waals surface area contributed by atoms with Crippen molar-refractivity contribution in [3.8, 4) is 5.75 Å². The molecule has 13 heavy (non-hydrogen) atoms. The summed E-state index contributed by atoms with van der Waals surface area (Å²) in [5, 5.41) is 13.0. The van der Waals surface area contributed by atoms with E-state index in [1.165, 1.54) is 12.8 Å². The number of hydrogen-bond donors (Lipinski definition) is 2. The Morgan fingerprint density at radius 1 is 1.46 bits per heavy atom. The van der Waals surface area contributed by atoms with E-state index in [9.17, 15) is 0 Å². The fourth-order valence-corrected chi connectivity index (χ4v) is 1.47. The molecule has 1 aromatic rings. The quantitative estimate of drug-likeness (QED) is 0.731. The van der Waals surface area contributed by atoms with Gasteiger partial charge < -0.3 is 10.4 Å². The van der Waals surface area contributed by atoms with E-state index in [0.717, 1.165) is 18.2 Å². The molecule has 2 nitrogen and oxygen atoms in total. The maximum absolute atomic E-state index is 9.12. The number of rotatable bonds is 3. The summed E-state index contributed by atoms with van der Waals surface area (Å²) in [5.74, 6) is 1.03. The summed E-state index contributed by atoms with van der Waals surface area (Å²) in [6, 6.07) is 5.00. The van der Waals surface area contributed by atoms with E-state index in [-0.39, 0.29) is 5.75 Å². The van der Waals surface area contributed by atoms with Crippen LogP contribution in [0.15, 0.2) is 18.2 Å². The van der Waals surface area contributed by atoms with Gasteiger partial charge in [0.15, 0.2) is 0 Å². The lowest BCUT2D eigenvalue weighted by atomic mass is 10.3. The minimum atomic E-state index is 0.210. The number of hydrogen-bond acceptors (Lipinski definition) is 2. The first-order chi connectivity index (χ1) is 6.25. The molecule has 0 heterocycles. The summed E-state index contributed by atoms with van der Waals surface area (Å²) >= 11 is 5.91. The lowest BCUT2D eigenvalue weighted by Gasteiger charge is -2.07. The highest BCUT2D eigenvalue weighted by atomic mass is 35.5. The molecular weight excluding hydrogens is 186 g/mol. The van der Waals surface area contributed by atoms with Crippen LogP contribution in [0, 0.1) is 5.92 Å². The Balaban J connectivity index is 2.01. The third-order valence-corrected chi connectivity index (χ3v) is 2.54. The van der Waals surface area contributed by atoms with Crippen LogP contribution in [0.1, 0.15) is 12.8 Å². The van der Waals surface area contributed by atoms with Gasteiger partial charge >= 0.3 is 0 Å². The lowest BCUT2D eigenvalue weighted by Crippen LogP contribution is -2.03. The molecule has 1 aromatic carbocycles. The maximum atomic E-state index is 9.12. The molecule has 0 atom stereocenters. The average molecular weight is 198 g/mol. The SMILES string of the molecule is Oc1ccc(NCC2CC2)c(Cl)c1. The molecule has 1 aliphatic carbocycles. The van der Waals surface area contributed by atoms with Gasteiger partial charge in [-0.1, -0.05) is 11.6 Å². The van der Waals surface area contributed by atoms with Crippen LogP contribution in [0.3, 0.4) is 0 Å². The van der Waals surface area contributed by atoms with Crippen molar-refractivity contribution >= 4 is 17.3 Å². The standard InChI is InChI=1S/C10H12ClNO/c11-9-5-8(13)3-4-10(9)12-6-7-1-2-7/h3-5,7,12-13H,1-2,6H2. The number of aromatic hydroxyl groups is 1. The Hall–Kier alpha value is -0.890. The predicted molar refractivity (Wildman–Crippen MR) is 54.3 cm³/mol. The summed E-state index contributed by atoms with van der Waals surface area (Å²) in [6.07, 6.45) is 2.64. The third kappa shape index (κ3) is 2.28. The summed E-state index contributed by atoms with van der Waals surface area (Å²) < 4.78 is 0. The largest absolute Gasteiger partial charge is 0.508 e. The Morgan fingerprint density at radius 2 is 2.23 bits per heavy atom. The minimum Gasteiger partial charge on any atom is -0.508 e. The number of nitrogens with one attached hydrogen (secondary N) is 1. The van der Waals surface area contributed by atoms with E-state index < -0.39 is 0 Å². The molecule has 3 heteroatoms. The molecule has 0 amide bonds. The van der Waals surface area contributed by atoms with Crippen LogP contribution in [0.4, 0.5) is 5.69 Å². The minimum absolute atomic E-state index is 0.210. The van der Waals surface area contributed by atoms with Crippen molar-refractivity contribution in [2.45, 2.75) is 12.8 Å². The number of halogens is 1. The molecule has 0 aromatic heterocycles. The molecule has 2 rings (SSSR count). The molecule has 1 aliphatic rings. The Kier molecular flexibility index (Phi) is 2.32. The van der Waals surface area contributed by atoms with Gasteiger partial charge in [0.1, 0.15) is 5.75 Å². The Bertz CT molecular complexity index is 310. The number of benzene rings is 1. The Labute approximate surface area is 82.5 Å². The van der Waals surface area contributed by atoms with Crippen molar-refractivity contribution in [3.63, 3.8) is 0 Å². The predicted octanol–water partition coefficient (Wildman–Crippen LogP) is 2.87. The smallest absolute Gasteiger partial charge is 0.117 e. The molecule has 0 unspecified atom stereocenters. The second-order valence-electron chi connectivity index (χ2n) is 3.49. The van der Waals surface area contributed by atoms with Crippen molar-refractivity contribution < 1.29 is 5.11 Å². The van der Waals surface area contributed by atoms with Gasteiger partial charge in [-0.3, -0.25) is 0 Å². The average Bonchev–Trinajstić information content (AvgIpc) is 2.86. The highest BCUT2D eigenvalue weighted by Crippen LogP contribution is 2.31. The van der Waals surface area contributed by atoms with Crippen molar-refractivity contribution in [2.75, 3.05) is 11.9 Å². The summed E-state index contributed by atoms with van der Waals surface area (Å²) in [6.45, 7) is 0.991. The van der Waals surface area contributed by atoms with Crippen molar-refractivity contribution in [1.82, 2.24) is 0 Å². The summed E-state index contributed by atoms with van der Waals surface area (Å²) in [5.41, 5.74) is 0.909. The van der Waals surface area contributed by atoms with E-state index in [1.54, 1.807) is 18.2 Å². The molecule has 0 aliphatic heterocycles. The molecule has 70 valence electrons. The first-order valence-electron chi connectivity index (χ1n) is 4.48. The van der Waals surface area contributed by atoms with Gasteiger partial charge in [0.05, 0.1) is 10.7 Å². The molecular formula is C10H12ClNO. The van der Waals surface area contributed by atoms with Crippen LogP contribution in [0.2, 0.25) is 5.02 Å². The number of anilines is 1. The van der Waals surface area contributed by atoms with Crippen LogP contribution >= 0.6 is 11.6 Å². The van der Waals surface area contributed by atoms with Crippen LogP contribution < -0.4 is 5.32 Å². The molecule has 0 radical (unpaired) electrons. The first-order valence-corrected chi connectivity index (χ1v) is 4.86. The van der Waals surface area contributed by atoms with Crippen LogP contribution in [-0.2, 0) is 0 Å². The van der Waals surface area contributed by atoms with Gasteiger partial charge in [-0.25, -0.2) is 0 Å². The second-order valence-corrected chi connectivity index (χ2v) is 3.90. The topological polar surface area (TPSA) is 32.3 Å². The van der Waals surface area contributed by atoms with E-state index in [2.05, 4.69) is 5.32 Å². The van der Waals surface area contributed by atoms with Gasteiger partial charge in [0.2, 0.25) is 0 Å². The monoisotopic (exact) mass is 197 g/mol. The van der Waals surface area contributed by atoms with Crippen molar-refractivity contribution in [1.29, 1.82) is 0 Å². The van der Waals surface area contributed by atoms with E-state index in [1.807, 2.05) is 0 Å². The highest BCUT2D eigenvalue weighted by Gasteiger charge is 2.20. The third-order valence-electron chi connectivity index (χ3n) is 2.23. The molecule has 0 bridgehead atoms. The van der Waals surface area contributed by atoms with Gasteiger partial charge in [-0.15, -0.1) is 0 Å². The molecule has 2 N–H and O–H groups in total. The number of phenols is 1. The molecule has 1 saturated carbocycles. The van der Waals surface area contributed by atoms with Gasteiger partial charge in [0.25, 0.3) is 0 Å².